The maximum absolute atomic E-state index is 12.4. The van der Waals surface area contributed by atoms with Crippen molar-refractivity contribution in [3.05, 3.63) is 39.9 Å². The summed E-state index contributed by atoms with van der Waals surface area (Å²) in [6, 6.07) is 4.40. The summed E-state index contributed by atoms with van der Waals surface area (Å²) in [5.41, 5.74) is 4.37. The molecule has 0 aromatic heterocycles. The van der Waals surface area contributed by atoms with Gasteiger partial charge in [0.1, 0.15) is 23.4 Å². The predicted molar refractivity (Wildman–Crippen MR) is 78.2 cm³/mol. The van der Waals surface area contributed by atoms with Gasteiger partial charge in [0.25, 0.3) is 5.91 Å². The fourth-order valence-corrected chi connectivity index (χ4v) is 2.42. The van der Waals surface area contributed by atoms with Gasteiger partial charge in [0, 0.05) is 10.6 Å². The number of nitrogens with two attached hydrogens (primary N) is 1. The molecule has 1 amide bonds. The lowest BCUT2D eigenvalue weighted by molar-refractivity contribution is -0.138. The van der Waals surface area contributed by atoms with Crippen molar-refractivity contribution in [1.29, 1.82) is 0 Å². The number of aliphatic hydroxyl groups excluding tert-OH is 1. The zero-order valence-electron chi connectivity index (χ0n) is 11.5. The Morgan fingerprint density at radius 1 is 1.41 bits per heavy atom. The summed E-state index contributed by atoms with van der Waals surface area (Å²) in [6.07, 6.45) is 0. The third-order valence-electron chi connectivity index (χ3n) is 3.36. The molecule has 1 aromatic carbocycles. The first-order valence-electron chi connectivity index (χ1n) is 6.23. The molecule has 22 heavy (non-hydrogen) atoms. The van der Waals surface area contributed by atoms with E-state index in [-0.39, 0.29) is 5.56 Å². The molecule has 1 aliphatic carbocycles. The van der Waals surface area contributed by atoms with Crippen molar-refractivity contribution in [1.82, 2.24) is 5.32 Å². The SMILES string of the molecule is CC1(N)C(=O)C(C(=O)NCC(=O)O)=C(O)c2cc(Cl)ccc21. The third kappa shape index (κ3) is 2.56. The molecule has 0 spiro atoms. The molecule has 1 aromatic rings. The summed E-state index contributed by atoms with van der Waals surface area (Å²) in [7, 11) is 0. The van der Waals surface area contributed by atoms with E-state index < -0.39 is 41.1 Å². The van der Waals surface area contributed by atoms with Crippen molar-refractivity contribution in [2.45, 2.75) is 12.5 Å². The minimum atomic E-state index is -1.54. The van der Waals surface area contributed by atoms with E-state index in [1.54, 1.807) is 0 Å². The second-order valence-corrected chi connectivity index (χ2v) is 5.46. The van der Waals surface area contributed by atoms with Gasteiger partial charge in [-0.3, -0.25) is 14.4 Å². The van der Waals surface area contributed by atoms with Crippen LogP contribution in [0, 0.1) is 0 Å². The number of carboxylic acids is 1. The number of amides is 1. The van der Waals surface area contributed by atoms with E-state index >= 15 is 0 Å². The van der Waals surface area contributed by atoms with Gasteiger partial charge in [-0.15, -0.1) is 0 Å². The van der Waals surface area contributed by atoms with Crippen LogP contribution in [0.15, 0.2) is 23.8 Å². The zero-order valence-corrected chi connectivity index (χ0v) is 12.3. The number of aliphatic carboxylic acids is 1. The molecule has 0 radical (unpaired) electrons. The zero-order chi connectivity index (χ0) is 16.7. The highest BCUT2D eigenvalue weighted by Crippen LogP contribution is 2.37. The first-order valence-corrected chi connectivity index (χ1v) is 6.61. The fraction of sp³-hybridized carbons (Fsp3) is 0.214. The molecule has 0 heterocycles. The number of ketones is 1. The summed E-state index contributed by atoms with van der Waals surface area (Å²) >= 11 is 5.86. The number of hydrogen-bond donors (Lipinski definition) is 4. The first kappa shape index (κ1) is 16.0. The Labute approximate surface area is 130 Å². The number of benzene rings is 1. The van der Waals surface area contributed by atoms with Gasteiger partial charge in [0.2, 0.25) is 0 Å². The first-order chi connectivity index (χ1) is 10.2. The fourth-order valence-electron chi connectivity index (χ4n) is 2.24. The number of Topliss-reactive ketones (excluding diaryl/α,β-unsaturated/α-hetero) is 1. The van der Waals surface area contributed by atoms with E-state index in [0.717, 1.165) is 0 Å². The Hall–Kier alpha value is -2.38. The Bertz CT molecular complexity index is 724. The lowest BCUT2D eigenvalue weighted by Gasteiger charge is -2.31. The number of hydrogen-bond acceptors (Lipinski definition) is 5. The lowest BCUT2D eigenvalue weighted by Crippen LogP contribution is -2.49. The van der Waals surface area contributed by atoms with Crippen LogP contribution in [0.4, 0.5) is 0 Å². The maximum Gasteiger partial charge on any atom is 0.322 e. The summed E-state index contributed by atoms with van der Waals surface area (Å²) < 4.78 is 0. The standard InChI is InChI=1S/C14H13ClN2O5/c1-14(16)8-3-2-6(15)4-7(8)11(20)10(12(14)21)13(22)17-5-9(18)19/h2-4,20H,5,16H2,1H3,(H,17,22)(H,18,19). The molecule has 0 bridgehead atoms. The Morgan fingerprint density at radius 2 is 2.05 bits per heavy atom. The van der Waals surface area contributed by atoms with E-state index in [9.17, 15) is 19.5 Å². The molecular weight excluding hydrogens is 312 g/mol. The van der Waals surface area contributed by atoms with Gasteiger partial charge < -0.3 is 21.3 Å². The van der Waals surface area contributed by atoms with E-state index in [1.165, 1.54) is 25.1 Å². The van der Waals surface area contributed by atoms with Crippen LogP contribution in [0.25, 0.3) is 5.76 Å². The van der Waals surface area contributed by atoms with Gasteiger partial charge in [0.05, 0.1) is 0 Å². The Balaban J connectivity index is 2.57. The van der Waals surface area contributed by atoms with Crippen molar-refractivity contribution < 1.29 is 24.6 Å². The summed E-state index contributed by atoms with van der Waals surface area (Å²) in [5, 5.41) is 21.1. The molecule has 5 N–H and O–H groups in total. The van der Waals surface area contributed by atoms with E-state index in [2.05, 4.69) is 0 Å². The molecule has 0 aliphatic heterocycles. The summed E-state index contributed by atoms with van der Waals surface area (Å²) in [4.78, 5) is 34.9. The molecule has 0 fully saturated rings. The normalized spacial score (nSPS) is 20.6. The quantitative estimate of drug-likeness (QED) is 0.601. The lowest BCUT2D eigenvalue weighted by atomic mass is 9.76. The van der Waals surface area contributed by atoms with Crippen molar-refractivity contribution in [3.63, 3.8) is 0 Å². The molecule has 8 heteroatoms. The average Bonchev–Trinajstić information content (AvgIpc) is 2.43. The molecule has 0 saturated carbocycles. The predicted octanol–water partition coefficient (Wildman–Crippen LogP) is 0.566. The number of halogens is 1. The van der Waals surface area contributed by atoms with Crippen molar-refractivity contribution >= 4 is 35.0 Å². The highest BCUT2D eigenvalue weighted by Gasteiger charge is 2.43. The van der Waals surface area contributed by atoms with Crippen LogP contribution in [0.3, 0.4) is 0 Å². The summed E-state index contributed by atoms with van der Waals surface area (Å²) in [5.74, 6) is -3.67. The van der Waals surface area contributed by atoms with Crippen LogP contribution in [0.1, 0.15) is 18.1 Å². The van der Waals surface area contributed by atoms with Gasteiger partial charge in [0.15, 0.2) is 5.78 Å². The highest BCUT2D eigenvalue weighted by molar-refractivity contribution is 6.31. The van der Waals surface area contributed by atoms with Gasteiger partial charge in [-0.2, -0.15) is 0 Å². The second kappa shape index (κ2) is 5.43. The number of aliphatic hydroxyl groups is 1. The van der Waals surface area contributed by atoms with Crippen LogP contribution in [0.5, 0.6) is 0 Å². The minimum Gasteiger partial charge on any atom is -0.506 e. The second-order valence-electron chi connectivity index (χ2n) is 5.02. The molecule has 1 aliphatic rings. The van der Waals surface area contributed by atoms with Gasteiger partial charge >= 0.3 is 5.97 Å². The Morgan fingerprint density at radius 3 is 2.64 bits per heavy atom. The number of fused-ring (bicyclic) bond motifs is 1. The monoisotopic (exact) mass is 324 g/mol. The smallest absolute Gasteiger partial charge is 0.322 e. The average molecular weight is 325 g/mol. The van der Waals surface area contributed by atoms with Gasteiger partial charge in [-0.25, -0.2) is 0 Å². The number of carbonyl (C=O) groups is 3. The molecular formula is C14H13ClN2O5. The molecule has 1 unspecified atom stereocenters. The van der Waals surface area contributed by atoms with E-state index in [0.29, 0.717) is 10.6 Å². The highest BCUT2D eigenvalue weighted by atomic mass is 35.5. The molecule has 1 atom stereocenters. The molecule has 0 saturated heterocycles. The maximum atomic E-state index is 12.4. The number of carbonyl (C=O) groups excluding carboxylic acids is 2. The van der Waals surface area contributed by atoms with E-state index in [4.69, 9.17) is 22.4 Å². The van der Waals surface area contributed by atoms with Crippen molar-refractivity contribution in [2.24, 2.45) is 5.73 Å². The van der Waals surface area contributed by atoms with Crippen molar-refractivity contribution in [3.8, 4) is 0 Å². The number of nitrogens with one attached hydrogen (secondary N) is 1. The number of rotatable bonds is 3. The van der Waals surface area contributed by atoms with Crippen LogP contribution in [-0.4, -0.2) is 34.4 Å². The molecule has 2 rings (SSSR count). The summed E-state index contributed by atoms with van der Waals surface area (Å²) in [6.45, 7) is 0.714. The minimum absolute atomic E-state index is 0.164. The number of carboxylic acid groups (broad SMARTS) is 1. The van der Waals surface area contributed by atoms with E-state index in [1.807, 2.05) is 5.32 Å². The largest absolute Gasteiger partial charge is 0.506 e. The van der Waals surface area contributed by atoms with Crippen LogP contribution in [0.2, 0.25) is 5.02 Å². The van der Waals surface area contributed by atoms with Crippen LogP contribution >= 0.6 is 11.6 Å². The van der Waals surface area contributed by atoms with Crippen LogP contribution in [-0.2, 0) is 19.9 Å². The van der Waals surface area contributed by atoms with Gasteiger partial charge in [-0.1, -0.05) is 17.7 Å². The Kier molecular flexibility index (Phi) is 3.95. The molecule has 116 valence electrons. The third-order valence-corrected chi connectivity index (χ3v) is 3.59. The topological polar surface area (TPSA) is 130 Å². The van der Waals surface area contributed by atoms with Gasteiger partial charge in [-0.05, 0) is 24.6 Å². The molecule has 7 nitrogen and oxygen atoms in total. The van der Waals surface area contributed by atoms with Crippen molar-refractivity contribution in [2.75, 3.05) is 6.54 Å². The van der Waals surface area contributed by atoms with Crippen LogP contribution < -0.4 is 11.1 Å².